The summed E-state index contributed by atoms with van der Waals surface area (Å²) in [5.41, 5.74) is 1.87. The number of amides is 1. The molecule has 154 valence electrons. The van der Waals surface area contributed by atoms with Crippen molar-refractivity contribution in [1.82, 2.24) is 10.6 Å². The number of ether oxygens (including phenoxy) is 1. The highest BCUT2D eigenvalue weighted by molar-refractivity contribution is 5.94. The van der Waals surface area contributed by atoms with E-state index in [4.69, 9.17) is 9.73 Å². The molecule has 1 saturated carbocycles. The zero-order valence-electron chi connectivity index (χ0n) is 17.2. The van der Waals surface area contributed by atoms with Crippen molar-refractivity contribution in [2.75, 3.05) is 18.5 Å². The van der Waals surface area contributed by atoms with Crippen LogP contribution in [0.4, 0.5) is 5.69 Å². The number of guanidine groups is 1. The molecule has 1 atom stereocenters. The van der Waals surface area contributed by atoms with Gasteiger partial charge in [-0.1, -0.05) is 19.1 Å². The molecule has 1 amide bonds. The number of nitrogens with zero attached hydrogens (tertiary/aromatic N) is 1. The summed E-state index contributed by atoms with van der Waals surface area (Å²) in [7, 11) is 0. The van der Waals surface area contributed by atoms with E-state index >= 15 is 0 Å². The number of hydrogen-bond acceptors (Lipinski definition) is 3. The molecular formula is C22H34N4O2. The van der Waals surface area contributed by atoms with E-state index in [1.807, 2.05) is 24.3 Å². The number of rotatable bonds is 6. The Labute approximate surface area is 168 Å². The Morgan fingerprint density at radius 3 is 2.75 bits per heavy atom. The Hall–Kier alpha value is -2.08. The average Bonchev–Trinajstić information content (AvgIpc) is 3.23. The summed E-state index contributed by atoms with van der Waals surface area (Å²) in [5.74, 6) is 1.65. The number of nitrogens with one attached hydrogen (secondary N) is 3. The minimum absolute atomic E-state index is 0.0558. The number of hydrogen-bond donors (Lipinski definition) is 3. The highest BCUT2D eigenvalue weighted by Gasteiger charge is 2.23. The highest BCUT2D eigenvalue weighted by atomic mass is 16.5. The maximum absolute atomic E-state index is 12.2. The summed E-state index contributed by atoms with van der Waals surface area (Å²) in [6.45, 7) is 6.50. The van der Waals surface area contributed by atoms with Gasteiger partial charge in [0.2, 0.25) is 0 Å². The van der Waals surface area contributed by atoms with Gasteiger partial charge in [-0.25, -0.2) is 4.99 Å². The van der Waals surface area contributed by atoms with E-state index in [9.17, 15) is 4.79 Å². The Kier molecular flexibility index (Phi) is 7.71. The van der Waals surface area contributed by atoms with Crippen LogP contribution in [0.15, 0.2) is 29.3 Å². The molecule has 1 aliphatic carbocycles. The molecule has 3 rings (SSSR count). The van der Waals surface area contributed by atoms with Crippen LogP contribution in [0.2, 0.25) is 0 Å². The normalized spacial score (nSPS) is 25.4. The predicted molar refractivity (Wildman–Crippen MR) is 113 cm³/mol. The minimum atomic E-state index is -0.315. The first-order valence-corrected chi connectivity index (χ1v) is 10.7. The largest absolute Gasteiger partial charge is 0.368 e. The highest BCUT2D eigenvalue weighted by Crippen LogP contribution is 2.23. The third-order valence-electron chi connectivity index (χ3n) is 5.54. The van der Waals surface area contributed by atoms with Gasteiger partial charge in [-0.05, 0) is 69.1 Å². The lowest BCUT2D eigenvalue weighted by atomic mass is 9.87. The summed E-state index contributed by atoms with van der Waals surface area (Å²) in [6.07, 6.45) is 6.41. The summed E-state index contributed by atoms with van der Waals surface area (Å²) in [4.78, 5) is 17.0. The summed E-state index contributed by atoms with van der Waals surface area (Å²) in [5, 5.41) is 9.90. The number of carbonyl (C=O) groups is 1. The van der Waals surface area contributed by atoms with Crippen LogP contribution in [0.5, 0.6) is 0 Å². The van der Waals surface area contributed by atoms with Crippen LogP contribution >= 0.6 is 0 Å². The van der Waals surface area contributed by atoms with E-state index in [0.29, 0.717) is 19.2 Å². The fourth-order valence-corrected chi connectivity index (χ4v) is 3.84. The van der Waals surface area contributed by atoms with E-state index in [1.165, 1.54) is 25.7 Å². The Morgan fingerprint density at radius 1 is 1.21 bits per heavy atom. The van der Waals surface area contributed by atoms with E-state index in [0.717, 1.165) is 42.5 Å². The lowest BCUT2D eigenvalue weighted by Crippen LogP contribution is -2.44. The quantitative estimate of drug-likeness (QED) is 0.517. The van der Waals surface area contributed by atoms with E-state index < -0.39 is 0 Å². The van der Waals surface area contributed by atoms with Crippen LogP contribution in [-0.2, 0) is 16.1 Å². The summed E-state index contributed by atoms with van der Waals surface area (Å²) >= 11 is 0. The van der Waals surface area contributed by atoms with Gasteiger partial charge in [0.15, 0.2) is 5.96 Å². The molecule has 3 N–H and O–H groups in total. The standard InChI is InChI=1S/C22H34N4O2/c1-3-23-22(26-18-11-9-16(2)10-12-18)24-15-17-6-4-7-19(14-17)25-21(27)20-8-5-13-28-20/h4,6-7,14,16,18,20H,3,5,8-13,15H2,1-2H3,(H,25,27)(H2,23,24,26). The topological polar surface area (TPSA) is 74.8 Å². The van der Waals surface area contributed by atoms with Gasteiger partial charge >= 0.3 is 0 Å². The van der Waals surface area contributed by atoms with Gasteiger partial charge in [-0.3, -0.25) is 4.79 Å². The van der Waals surface area contributed by atoms with Crippen molar-refractivity contribution in [3.8, 4) is 0 Å². The van der Waals surface area contributed by atoms with Crippen molar-refractivity contribution in [2.24, 2.45) is 10.9 Å². The van der Waals surface area contributed by atoms with Gasteiger partial charge in [-0.15, -0.1) is 0 Å². The van der Waals surface area contributed by atoms with Crippen LogP contribution in [0, 0.1) is 5.92 Å². The van der Waals surface area contributed by atoms with Crippen LogP contribution in [0.3, 0.4) is 0 Å². The smallest absolute Gasteiger partial charge is 0.253 e. The van der Waals surface area contributed by atoms with Crippen molar-refractivity contribution in [3.63, 3.8) is 0 Å². The zero-order valence-corrected chi connectivity index (χ0v) is 17.2. The second kappa shape index (κ2) is 10.5. The number of carbonyl (C=O) groups excluding carboxylic acids is 1. The van der Waals surface area contributed by atoms with E-state index in [-0.39, 0.29) is 12.0 Å². The first kappa shape index (κ1) is 20.6. The maximum Gasteiger partial charge on any atom is 0.253 e. The molecule has 6 heteroatoms. The Bertz CT molecular complexity index is 662. The van der Waals surface area contributed by atoms with Crippen molar-refractivity contribution < 1.29 is 9.53 Å². The molecule has 6 nitrogen and oxygen atoms in total. The fourth-order valence-electron chi connectivity index (χ4n) is 3.84. The molecule has 1 aromatic carbocycles. The van der Waals surface area contributed by atoms with Crippen LogP contribution in [0.25, 0.3) is 0 Å². The minimum Gasteiger partial charge on any atom is -0.368 e. The van der Waals surface area contributed by atoms with Gasteiger partial charge in [0.25, 0.3) is 5.91 Å². The lowest BCUT2D eigenvalue weighted by molar-refractivity contribution is -0.124. The lowest BCUT2D eigenvalue weighted by Gasteiger charge is -2.28. The first-order chi connectivity index (χ1) is 13.6. The monoisotopic (exact) mass is 386 g/mol. The molecule has 1 aromatic rings. The molecule has 0 aromatic heterocycles. The van der Waals surface area contributed by atoms with Gasteiger partial charge in [0, 0.05) is 24.9 Å². The average molecular weight is 387 g/mol. The molecule has 0 bridgehead atoms. The van der Waals surface area contributed by atoms with Crippen molar-refractivity contribution >= 4 is 17.6 Å². The summed E-state index contributed by atoms with van der Waals surface area (Å²) in [6, 6.07) is 8.40. The summed E-state index contributed by atoms with van der Waals surface area (Å²) < 4.78 is 5.45. The molecule has 28 heavy (non-hydrogen) atoms. The van der Waals surface area contributed by atoms with E-state index in [2.05, 4.69) is 29.8 Å². The molecule has 1 heterocycles. The van der Waals surface area contributed by atoms with Crippen molar-refractivity contribution in [1.29, 1.82) is 0 Å². The molecule has 1 saturated heterocycles. The molecule has 2 fully saturated rings. The first-order valence-electron chi connectivity index (χ1n) is 10.7. The van der Waals surface area contributed by atoms with Gasteiger partial charge in [0.1, 0.15) is 6.10 Å². The van der Waals surface area contributed by atoms with Crippen LogP contribution in [-0.4, -0.2) is 37.2 Å². The molecular weight excluding hydrogens is 352 g/mol. The molecule has 0 spiro atoms. The van der Waals surface area contributed by atoms with E-state index in [1.54, 1.807) is 0 Å². The van der Waals surface area contributed by atoms with Gasteiger partial charge in [-0.2, -0.15) is 0 Å². The number of anilines is 1. The number of aliphatic imine (C=N–C) groups is 1. The van der Waals surface area contributed by atoms with Crippen LogP contribution < -0.4 is 16.0 Å². The second-order valence-electron chi connectivity index (χ2n) is 7.99. The Balaban J connectivity index is 1.56. The van der Waals surface area contributed by atoms with Gasteiger partial charge < -0.3 is 20.7 Å². The third kappa shape index (κ3) is 6.23. The SMILES string of the molecule is CCNC(=NCc1cccc(NC(=O)C2CCCO2)c1)NC1CCC(C)CC1. The third-order valence-corrected chi connectivity index (χ3v) is 5.54. The van der Waals surface area contributed by atoms with Crippen LogP contribution in [0.1, 0.15) is 57.9 Å². The Morgan fingerprint density at radius 2 is 2.04 bits per heavy atom. The molecule has 2 aliphatic rings. The van der Waals surface area contributed by atoms with Crippen molar-refractivity contribution in [2.45, 2.75) is 71.1 Å². The predicted octanol–water partition coefficient (Wildman–Crippen LogP) is 3.44. The maximum atomic E-state index is 12.2. The molecule has 0 radical (unpaired) electrons. The zero-order chi connectivity index (χ0) is 19.8. The molecule has 1 aliphatic heterocycles. The van der Waals surface area contributed by atoms with Gasteiger partial charge in [0.05, 0.1) is 6.54 Å². The second-order valence-corrected chi connectivity index (χ2v) is 7.99. The fraction of sp³-hybridized carbons (Fsp3) is 0.636. The van der Waals surface area contributed by atoms with Crippen molar-refractivity contribution in [3.05, 3.63) is 29.8 Å². The molecule has 1 unspecified atom stereocenters. The number of benzene rings is 1.